The Bertz CT molecular complexity index is 245. The molecular weight excluding hydrogens is 228 g/mol. The highest BCUT2D eigenvalue weighted by atomic mass is 32.2. The summed E-state index contributed by atoms with van der Waals surface area (Å²) in [6.07, 6.45) is 8.55. The fourth-order valence-corrected chi connectivity index (χ4v) is 2.97. The van der Waals surface area contributed by atoms with E-state index in [0.29, 0.717) is 6.04 Å². The van der Waals surface area contributed by atoms with Gasteiger partial charge in [-0.1, -0.05) is 13.3 Å². The molecule has 1 atom stereocenters. The summed E-state index contributed by atoms with van der Waals surface area (Å²) in [4.78, 5) is 0. The third-order valence-corrected chi connectivity index (χ3v) is 4.36. The zero-order valence-corrected chi connectivity index (χ0v) is 12.1. The van der Waals surface area contributed by atoms with Crippen LogP contribution in [0.4, 0.5) is 0 Å². The maximum absolute atomic E-state index is 9.22. The van der Waals surface area contributed by atoms with Gasteiger partial charge in [-0.05, 0) is 57.0 Å². The Kier molecular flexibility index (Phi) is 6.99. The van der Waals surface area contributed by atoms with Gasteiger partial charge in [0.2, 0.25) is 0 Å². The van der Waals surface area contributed by atoms with E-state index >= 15 is 0 Å². The van der Waals surface area contributed by atoms with Crippen LogP contribution < -0.4 is 5.32 Å². The summed E-state index contributed by atoms with van der Waals surface area (Å²) in [6, 6.07) is 3.07. The second-order valence-electron chi connectivity index (χ2n) is 5.29. The third kappa shape index (κ3) is 6.95. The highest BCUT2D eigenvalue weighted by Gasteiger charge is 2.31. The topological polar surface area (TPSA) is 35.8 Å². The molecule has 0 saturated heterocycles. The van der Waals surface area contributed by atoms with Crippen LogP contribution >= 0.6 is 11.8 Å². The summed E-state index contributed by atoms with van der Waals surface area (Å²) in [6.45, 7) is 4.29. The molecule has 98 valence electrons. The Morgan fingerprint density at radius 3 is 2.59 bits per heavy atom. The van der Waals surface area contributed by atoms with Gasteiger partial charge in [0.1, 0.15) is 5.54 Å². The van der Waals surface area contributed by atoms with Crippen molar-refractivity contribution < 1.29 is 0 Å². The van der Waals surface area contributed by atoms with Crippen molar-refractivity contribution in [1.29, 1.82) is 5.26 Å². The molecule has 0 radical (unpaired) electrons. The van der Waals surface area contributed by atoms with Gasteiger partial charge >= 0.3 is 0 Å². The van der Waals surface area contributed by atoms with Crippen LogP contribution in [0.3, 0.4) is 0 Å². The lowest BCUT2D eigenvalue weighted by molar-refractivity contribution is 0.402. The van der Waals surface area contributed by atoms with E-state index in [9.17, 15) is 5.26 Å². The molecule has 0 aromatic heterocycles. The zero-order chi connectivity index (χ0) is 12.6. The molecule has 17 heavy (non-hydrogen) atoms. The van der Waals surface area contributed by atoms with E-state index < -0.39 is 0 Å². The summed E-state index contributed by atoms with van der Waals surface area (Å²) in [5.74, 6) is 2.55. The first-order valence-corrected chi connectivity index (χ1v) is 8.12. The Morgan fingerprint density at radius 2 is 2.00 bits per heavy atom. The van der Waals surface area contributed by atoms with Crippen LogP contribution in [0.5, 0.6) is 0 Å². The minimum Gasteiger partial charge on any atom is -0.297 e. The number of rotatable bonds is 10. The van der Waals surface area contributed by atoms with Crippen molar-refractivity contribution in [3.63, 3.8) is 0 Å². The molecule has 0 aromatic rings. The average molecular weight is 254 g/mol. The Morgan fingerprint density at radius 1 is 1.29 bits per heavy atom. The minimum atomic E-state index is -0.282. The number of hydrogen-bond donors (Lipinski definition) is 1. The number of hydrogen-bond acceptors (Lipinski definition) is 3. The number of nitrogens with zero attached hydrogens (tertiary/aromatic N) is 1. The largest absolute Gasteiger partial charge is 0.297 e. The third-order valence-electron chi connectivity index (χ3n) is 3.20. The number of unbranched alkanes of at least 4 members (excludes halogenated alkanes) is 2. The monoisotopic (exact) mass is 254 g/mol. The molecule has 0 heterocycles. The van der Waals surface area contributed by atoms with Gasteiger partial charge < -0.3 is 0 Å². The lowest BCUT2D eigenvalue weighted by Crippen LogP contribution is -2.42. The van der Waals surface area contributed by atoms with E-state index in [1.54, 1.807) is 0 Å². The molecule has 0 spiro atoms. The van der Waals surface area contributed by atoms with Crippen LogP contribution in [0.25, 0.3) is 0 Å². The molecule has 0 amide bonds. The van der Waals surface area contributed by atoms with E-state index in [4.69, 9.17) is 0 Å². The maximum Gasteiger partial charge on any atom is 0.104 e. The summed E-state index contributed by atoms with van der Waals surface area (Å²) < 4.78 is 0. The highest BCUT2D eigenvalue weighted by Crippen LogP contribution is 2.25. The predicted molar refractivity (Wildman–Crippen MR) is 76.3 cm³/mol. The predicted octanol–water partition coefficient (Wildman–Crippen LogP) is 3.72. The lowest BCUT2D eigenvalue weighted by atomic mass is 9.96. The smallest absolute Gasteiger partial charge is 0.104 e. The molecule has 1 N–H and O–H groups in total. The van der Waals surface area contributed by atoms with Gasteiger partial charge in [0.25, 0.3) is 0 Å². The van der Waals surface area contributed by atoms with Crippen molar-refractivity contribution in [2.24, 2.45) is 0 Å². The van der Waals surface area contributed by atoms with Crippen LogP contribution in [0.1, 0.15) is 58.8 Å². The summed E-state index contributed by atoms with van der Waals surface area (Å²) in [5, 5.41) is 12.7. The fraction of sp³-hybridized carbons (Fsp3) is 0.929. The number of nitriles is 1. The normalized spacial score (nSPS) is 18.6. The molecule has 3 heteroatoms. The first-order valence-electron chi connectivity index (χ1n) is 6.97. The van der Waals surface area contributed by atoms with Crippen molar-refractivity contribution >= 4 is 11.8 Å². The lowest BCUT2D eigenvalue weighted by Gasteiger charge is -2.23. The second-order valence-corrected chi connectivity index (χ2v) is 6.51. The van der Waals surface area contributed by atoms with E-state index in [1.165, 1.54) is 50.0 Å². The molecular formula is C14H26N2S. The Balaban J connectivity index is 2.01. The molecule has 1 aliphatic rings. The van der Waals surface area contributed by atoms with Crippen molar-refractivity contribution in [2.45, 2.75) is 70.4 Å². The van der Waals surface area contributed by atoms with E-state index in [-0.39, 0.29) is 5.54 Å². The first-order chi connectivity index (χ1) is 8.20. The molecule has 0 aliphatic heterocycles. The van der Waals surface area contributed by atoms with Gasteiger partial charge in [0.15, 0.2) is 0 Å². The van der Waals surface area contributed by atoms with Crippen molar-refractivity contribution in [3.8, 4) is 6.07 Å². The molecule has 1 saturated carbocycles. The highest BCUT2D eigenvalue weighted by molar-refractivity contribution is 7.99. The van der Waals surface area contributed by atoms with Gasteiger partial charge in [0.05, 0.1) is 6.07 Å². The number of nitrogens with one attached hydrogen (secondary N) is 1. The molecule has 0 bridgehead atoms. The zero-order valence-electron chi connectivity index (χ0n) is 11.3. The minimum absolute atomic E-state index is 0.282. The first kappa shape index (κ1) is 14.9. The van der Waals surface area contributed by atoms with E-state index in [1.807, 2.05) is 0 Å². The van der Waals surface area contributed by atoms with Crippen LogP contribution in [0, 0.1) is 11.3 Å². The average Bonchev–Trinajstić information content (AvgIpc) is 3.12. The van der Waals surface area contributed by atoms with Gasteiger partial charge in [-0.3, -0.25) is 5.32 Å². The van der Waals surface area contributed by atoms with Crippen molar-refractivity contribution in [3.05, 3.63) is 0 Å². The second kappa shape index (κ2) is 8.00. The molecule has 1 fully saturated rings. The van der Waals surface area contributed by atoms with E-state index in [0.717, 1.165) is 6.42 Å². The molecule has 2 nitrogen and oxygen atoms in total. The molecule has 1 unspecified atom stereocenters. The summed E-state index contributed by atoms with van der Waals surface area (Å²) in [7, 11) is 0. The molecule has 0 aromatic carbocycles. The quantitative estimate of drug-likeness (QED) is 0.603. The Labute approximate surface area is 111 Å². The standard InChI is InChI=1S/C14H26N2S/c1-3-4-10-17-11-6-5-9-14(2,12-15)16-13-7-8-13/h13,16H,3-11H2,1-2H3. The van der Waals surface area contributed by atoms with Crippen molar-refractivity contribution in [1.82, 2.24) is 5.32 Å². The van der Waals surface area contributed by atoms with Crippen molar-refractivity contribution in [2.75, 3.05) is 11.5 Å². The Hall–Kier alpha value is -0.200. The van der Waals surface area contributed by atoms with Gasteiger partial charge in [0, 0.05) is 6.04 Å². The van der Waals surface area contributed by atoms with Gasteiger partial charge in [-0.2, -0.15) is 17.0 Å². The van der Waals surface area contributed by atoms with Crippen LogP contribution in [-0.2, 0) is 0 Å². The SMILES string of the molecule is CCCCSCCCCC(C)(C#N)NC1CC1. The molecule has 1 rings (SSSR count). The molecule has 1 aliphatic carbocycles. The fourth-order valence-electron chi connectivity index (χ4n) is 1.87. The van der Waals surface area contributed by atoms with Crippen LogP contribution in [0.2, 0.25) is 0 Å². The van der Waals surface area contributed by atoms with Crippen LogP contribution in [0.15, 0.2) is 0 Å². The maximum atomic E-state index is 9.22. The summed E-state index contributed by atoms with van der Waals surface area (Å²) in [5.41, 5.74) is -0.282. The van der Waals surface area contributed by atoms with Gasteiger partial charge in [-0.15, -0.1) is 0 Å². The van der Waals surface area contributed by atoms with Gasteiger partial charge in [-0.25, -0.2) is 0 Å². The van der Waals surface area contributed by atoms with E-state index in [2.05, 4.69) is 37.0 Å². The number of thioether (sulfide) groups is 1. The van der Waals surface area contributed by atoms with Crippen LogP contribution in [-0.4, -0.2) is 23.1 Å². The summed E-state index contributed by atoms with van der Waals surface area (Å²) >= 11 is 2.06.